The average molecular weight is 335 g/mol. The first-order valence-corrected chi connectivity index (χ1v) is 7.69. The Balaban J connectivity index is 2.25. The molecule has 0 unspecified atom stereocenters. The molecule has 0 spiro atoms. The fourth-order valence-corrected chi connectivity index (χ4v) is 2.20. The van der Waals surface area contributed by atoms with Crippen LogP contribution in [-0.2, 0) is 0 Å². The van der Waals surface area contributed by atoms with Crippen molar-refractivity contribution in [2.24, 2.45) is 0 Å². The predicted molar refractivity (Wildman–Crippen MR) is 92.6 cm³/mol. The van der Waals surface area contributed by atoms with Gasteiger partial charge in [-0.05, 0) is 50.2 Å². The second-order valence-corrected chi connectivity index (χ2v) is 5.15. The Morgan fingerprint density at radius 1 is 1.09 bits per heavy atom. The maximum atomic E-state index is 12.4. The number of amides is 1. The zero-order valence-electron chi connectivity index (χ0n) is 13.1. The number of nitrogens with two attached hydrogens (primary N) is 1. The molecule has 0 aliphatic carbocycles. The van der Waals surface area contributed by atoms with Crippen molar-refractivity contribution in [2.75, 3.05) is 24.3 Å². The Bertz CT molecular complexity index is 704. The molecule has 0 radical (unpaired) electrons. The fraction of sp³-hybridized carbons (Fsp3) is 0.235. The van der Waals surface area contributed by atoms with E-state index in [2.05, 4.69) is 5.32 Å². The minimum atomic E-state index is -0.303. The number of nitrogen functional groups attached to an aromatic ring is 1. The van der Waals surface area contributed by atoms with Gasteiger partial charge in [0.1, 0.15) is 0 Å². The summed E-state index contributed by atoms with van der Waals surface area (Å²) in [6.45, 7) is 4.75. The van der Waals surface area contributed by atoms with E-state index in [0.717, 1.165) is 0 Å². The van der Waals surface area contributed by atoms with Crippen molar-refractivity contribution in [3.8, 4) is 11.5 Å². The number of rotatable bonds is 6. The highest BCUT2D eigenvalue weighted by Crippen LogP contribution is 2.29. The first-order valence-electron chi connectivity index (χ1n) is 7.31. The number of benzene rings is 2. The van der Waals surface area contributed by atoms with Gasteiger partial charge in [-0.3, -0.25) is 4.79 Å². The molecule has 0 saturated carbocycles. The lowest BCUT2D eigenvalue weighted by molar-refractivity contribution is 0.102. The normalized spacial score (nSPS) is 10.2. The lowest BCUT2D eigenvalue weighted by Crippen LogP contribution is -2.13. The van der Waals surface area contributed by atoms with Gasteiger partial charge in [0.15, 0.2) is 11.5 Å². The summed E-state index contributed by atoms with van der Waals surface area (Å²) < 4.78 is 11.0. The topological polar surface area (TPSA) is 73.6 Å². The van der Waals surface area contributed by atoms with E-state index in [-0.39, 0.29) is 5.91 Å². The van der Waals surface area contributed by atoms with Crippen LogP contribution in [-0.4, -0.2) is 19.1 Å². The summed E-state index contributed by atoms with van der Waals surface area (Å²) in [4.78, 5) is 12.4. The van der Waals surface area contributed by atoms with Gasteiger partial charge >= 0.3 is 0 Å². The number of carbonyl (C=O) groups is 1. The Morgan fingerprint density at radius 3 is 2.48 bits per heavy atom. The molecule has 23 heavy (non-hydrogen) atoms. The van der Waals surface area contributed by atoms with Crippen LogP contribution in [0.2, 0.25) is 5.02 Å². The number of nitrogens with one attached hydrogen (secondary N) is 1. The molecule has 5 nitrogen and oxygen atoms in total. The largest absolute Gasteiger partial charge is 0.490 e. The van der Waals surface area contributed by atoms with Crippen molar-refractivity contribution in [1.29, 1.82) is 0 Å². The number of carbonyl (C=O) groups excluding carboxylic acids is 1. The average Bonchev–Trinajstić information content (AvgIpc) is 2.53. The van der Waals surface area contributed by atoms with E-state index in [0.29, 0.717) is 46.7 Å². The van der Waals surface area contributed by atoms with Gasteiger partial charge in [-0.15, -0.1) is 0 Å². The Hall–Kier alpha value is -2.40. The summed E-state index contributed by atoms with van der Waals surface area (Å²) in [6, 6.07) is 9.93. The Morgan fingerprint density at radius 2 is 1.78 bits per heavy atom. The molecule has 0 bridgehead atoms. The lowest BCUT2D eigenvalue weighted by Gasteiger charge is -2.13. The van der Waals surface area contributed by atoms with E-state index in [9.17, 15) is 4.79 Å². The molecule has 0 aliphatic heterocycles. The molecule has 0 atom stereocenters. The summed E-state index contributed by atoms with van der Waals surface area (Å²) in [6.07, 6.45) is 0. The van der Waals surface area contributed by atoms with E-state index in [1.165, 1.54) is 0 Å². The van der Waals surface area contributed by atoms with Gasteiger partial charge in [0, 0.05) is 10.6 Å². The lowest BCUT2D eigenvalue weighted by atomic mass is 10.1. The van der Waals surface area contributed by atoms with E-state index in [4.69, 9.17) is 26.8 Å². The number of hydrogen-bond acceptors (Lipinski definition) is 4. The van der Waals surface area contributed by atoms with Gasteiger partial charge in [0.2, 0.25) is 0 Å². The maximum absolute atomic E-state index is 12.4. The van der Waals surface area contributed by atoms with Gasteiger partial charge < -0.3 is 20.5 Å². The number of anilines is 2. The third-order valence-corrected chi connectivity index (χ3v) is 3.30. The molecule has 0 aliphatic rings. The summed E-state index contributed by atoms with van der Waals surface area (Å²) in [5, 5.41) is 3.24. The molecule has 2 aromatic carbocycles. The standard InChI is InChI=1S/C17H19ClN2O3/c1-3-22-15-8-5-11(9-16(15)23-4-2)17(21)20-14-10-12(18)6-7-13(14)19/h5-10H,3-4,19H2,1-2H3,(H,20,21). The van der Waals surface area contributed by atoms with Crippen LogP contribution in [0.5, 0.6) is 11.5 Å². The number of hydrogen-bond donors (Lipinski definition) is 2. The van der Waals surface area contributed by atoms with Crippen LogP contribution >= 0.6 is 11.6 Å². The molecule has 6 heteroatoms. The molecule has 0 fully saturated rings. The minimum absolute atomic E-state index is 0.303. The molecule has 2 aromatic rings. The molecule has 2 rings (SSSR count). The van der Waals surface area contributed by atoms with E-state index >= 15 is 0 Å². The molecular formula is C17H19ClN2O3. The molecule has 0 heterocycles. The number of ether oxygens (including phenoxy) is 2. The highest BCUT2D eigenvalue weighted by Gasteiger charge is 2.13. The highest BCUT2D eigenvalue weighted by molar-refractivity contribution is 6.31. The van der Waals surface area contributed by atoms with Crippen molar-refractivity contribution in [1.82, 2.24) is 0 Å². The van der Waals surface area contributed by atoms with Crippen LogP contribution in [0.15, 0.2) is 36.4 Å². The smallest absolute Gasteiger partial charge is 0.255 e. The summed E-state index contributed by atoms with van der Waals surface area (Å²) in [5.41, 5.74) is 7.19. The van der Waals surface area contributed by atoms with Gasteiger partial charge in [-0.2, -0.15) is 0 Å². The first-order chi connectivity index (χ1) is 11.0. The van der Waals surface area contributed by atoms with Crippen molar-refractivity contribution in [3.63, 3.8) is 0 Å². The van der Waals surface area contributed by atoms with Crippen LogP contribution in [0, 0.1) is 0 Å². The molecule has 122 valence electrons. The zero-order valence-corrected chi connectivity index (χ0v) is 13.8. The minimum Gasteiger partial charge on any atom is -0.490 e. The fourth-order valence-electron chi connectivity index (χ4n) is 2.02. The third-order valence-electron chi connectivity index (χ3n) is 3.07. The van der Waals surface area contributed by atoms with Crippen molar-refractivity contribution in [2.45, 2.75) is 13.8 Å². The van der Waals surface area contributed by atoms with Crippen LogP contribution in [0.1, 0.15) is 24.2 Å². The Labute approximate surface area is 140 Å². The Kier molecular flexibility index (Phi) is 5.71. The predicted octanol–water partition coefficient (Wildman–Crippen LogP) is 3.97. The monoisotopic (exact) mass is 334 g/mol. The molecule has 1 amide bonds. The van der Waals surface area contributed by atoms with Gasteiger partial charge in [0.05, 0.1) is 24.6 Å². The van der Waals surface area contributed by atoms with Crippen LogP contribution in [0.4, 0.5) is 11.4 Å². The van der Waals surface area contributed by atoms with E-state index < -0.39 is 0 Å². The van der Waals surface area contributed by atoms with Crippen LogP contribution < -0.4 is 20.5 Å². The third kappa shape index (κ3) is 4.29. The summed E-state index contributed by atoms with van der Waals surface area (Å²) >= 11 is 5.92. The molecule has 0 saturated heterocycles. The summed E-state index contributed by atoms with van der Waals surface area (Å²) in [7, 11) is 0. The quantitative estimate of drug-likeness (QED) is 0.784. The van der Waals surface area contributed by atoms with Crippen LogP contribution in [0.25, 0.3) is 0 Å². The SMILES string of the molecule is CCOc1ccc(C(=O)Nc2cc(Cl)ccc2N)cc1OCC. The first kappa shape index (κ1) is 17.0. The van der Waals surface area contributed by atoms with Gasteiger partial charge in [-0.25, -0.2) is 0 Å². The van der Waals surface area contributed by atoms with E-state index in [1.807, 2.05) is 13.8 Å². The molecular weight excluding hydrogens is 316 g/mol. The number of halogens is 1. The van der Waals surface area contributed by atoms with Gasteiger partial charge in [-0.1, -0.05) is 11.6 Å². The van der Waals surface area contributed by atoms with Crippen molar-refractivity contribution < 1.29 is 14.3 Å². The molecule has 3 N–H and O–H groups in total. The summed E-state index contributed by atoms with van der Waals surface area (Å²) in [5.74, 6) is 0.831. The highest BCUT2D eigenvalue weighted by atomic mass is 35.5. The molecule has 0 aromatic heterocycles. The van der Waals surface area contributed by atoms with Gasteiger partial charge in [0.25, 0.3) is 5.91 Å². The van der Waals surface area contributed by atoms with Crippen LogP contribution in [0.3, 0.4) is 0 Å². The van der Waals surface area contributed by atoms with Crippen molar-refractivity contribution >= 4 is 28.9 Å². The zero-order chi connectivity index (χ0) is 16.8. The second kappa shape index (κ2) is 7.74. The van der Waals surface area contributed by atoms with Crippen molar-refractivity contribution in [3.05, 3.63) is 47.0 Å². The maximum Gasteiger partial charge on any atom is 0.255 e. The second-order valence-electron chi connectivity index (χ2n) is 4.71. The van der Waals surface area contributed by atoms with E-state index in [1.54, 1.807) is 36.4 Å².